The average Bonchev–Trinajstić information content (AvgIpc) is 3.57. The Labute approximate surface area is 212 Å². The normalized spacial score (nSPS) is 16.1. The Morgan fingerprint density at radius 3 is 2.49 bits per heavy atom. The number of nitrogens with zero attached hydrogens (tertiary/aromatic N) is 6. The third-order valence-corrected chi connectivity index (χ3v) is 6.05. The molecule has 3 aromatic heterocycles. The maximum absolute atomic E-state index is 13.2. The van der Waals surface area contributed by atoms with E-state index in [4.69, 9.17) is 4.74 Å². The quantitative estimate of drug-likeness (QED) is 0.443. The van der Waals surface area contributed by atoms with Crippen LogP contribution in [0.4, 0.5) is 11.6 Å². The Kier molecular flexibility index (Phi) is 6.31. The zero-order chi connectivity index (χ0) is 26.3. The zero-order valence-electron chi connectivity index (χ0n) is 21.0. The van der Waals surface area contributed by atoms with Crippen molar-refractivity contribution in [1.82, 2.24) is 34.4 Å². The van der Waals surface area contributed by atoms with E-state index >= 15 is 0 Å². The van der Waals surface area contributed by atoms with Gasteiger partial charge in [-0.25, -0.2) is 9.97 Å². The summed E-state index contributed by atoms with van der Waals surface area (Å²) in [5.74, 6) is -0.663. The summed E-state index contributed by atoms with van der Waals surface area (Å²) in [7, 11) is 0. The highest BCUT2D eigenvalue weighted by atomic mass is 16.5. The molecule has 2 aliphatic rings. The first-order chi connectivity index (χ1) is 17.6. The molecule has 13 nitrogen and oxygen atoms in total. The number of rotatable bonds is 6. The maximum atomic E-state index is 13.2. The van der Waals surface area contributed by atoms with Crippen LogP contribution in [0.3, 0.4) is 0 Å². The molecule has 2 fully saturated rings. The number of fused-ring (bicyclic) bond motifs is 1. The molecule has 0 atom stereocenters. The zero-order valence-corrected chi connectivity index (χ0v) is 21.0. The van der Waals surface area contributed by atoms with Gasteiger partial charge in [0.05, 0.1) is 25.6 Å². The van der Waals surface area contributed by atoms with E-state index in [1.807, 2.05) is 20.8 Å². The van der Waals surface area contributed by atoms with E-state index in [2.05, 4.69) is 25.7 Å². The van der Waals surface area contributed by atoms with Gasteiger partial charge in [0.2, 0.25) is 5.88 Å². The van der Waals surface area contributed by atoms with Crippen molar-refractivity contribution in [3.8, 4) is 5.88 Å². The van der Waals surface area contributed by atoms with Crippen molar-refractivity contribution in [1.29, 1.82) is 0 Å². The lowest BCUT2D eigenvalue weighted by Gasteiger charge is -2.26. The van der Waals surface area contributed by atoms with Crippen molar-refractivity contribution in [3.05, 3.63) is 40.1 Å². The summed E-state index contributed by atoms with van der Waals surface area (Å²) in [5, 5.41) is 21.1. The van der Waals surface area contributed by atoms with E-state index in [9.17, 15) is 19.5 Å². The number of hydrogen-bond acceptors (Lipinski definition) is 9. The Bertz CT molecular complexity index is 1400. The lowest BCUT2D eigenvalue weighted by molar-refractivity contribution is 0.0298. The first-order valence-corrected chi connectivity index (χ1v) is 12.2. The smallest absolute Gasteiger partial charge is 0.291 e. The van der Waals surface area contributed by atoms with E-state index in [0.29, 0.717) is 44.3 Å². The second-order valence-electron chi connectivity index (χ2n) is 10.5. The molecule has 0 radical (unpaired) electrons. The highest BCUT2D eigenvalue weighted by Gasteiger charge is 2.30. The minimum absolute atomic E-state index is 0.0181. The van der Waals surface area contributed by atoms with Gasteiger partial charge in [-0.05, 0) is 18.3 Å². The average molecular weight is 511 g/mol. The van der Waals surface area contributed by atoms with Gasteiger partial charge in [0.1, 0.15) is 17.2 Å². The molecule has 2 amide bonds. The highest BCUT2D eigenvalue weighted by molar-refractivity contribution is 5.96. The molecule has 1 saturated carbocycles. The van der Waals surface area contributed by atoms with Crippen molar-refractivity contribution in [3.63, 3.8) is 0 Å². The first-order valence-electron chi connectivity index (χ1n) is 12.2. The molecule has 0 aromatic carbocycles. The number of aromatic nitrogens is 5. The van der Waals surface area contributed by atoms with Gasteiger partial charge in [-0.2, -0.15) is 4.52 Å². The van der Waals surface area contributed by atoms with Crippen molar-refractivity contribution >= 4 is 29.1 Å². The molecule has 0 bridgehead atoms. The van der Waals surface area contributed by atoms with Gasteiger partial charge in [0.25, 0.3) is 17.4 Å². The van der Waals surface area contributed by atoms with Crippen molar-refractivity contribution in [2.75, 3.05) is 31.6 Å². The molecule has 37 heavy (non-hydrogen) atoms. The Morgan fingerprint density at radius 2 is 1.86 bits per heavy atom. The van der Waals surface area contributed by atoms with E-state index in [-0.39, 0.29) is 34.4 Å². The summed E-state index contributed by atoms with van der Waals surface area (Å²) in [4.78, 5) is 48.8. The van der Waals surface area contributed by atoms with Gasteiger partial charge in [-0.3, -0.25) is 19.0 Å². The molecule has 1 aliphatic heterocycles. The fourth-order valence-corrected chi connectivity index (χ4v) is 4.10. The predicted molar refractivity (Wildman–Crippen MR) is 133 cm³/mol. The Morgan fingerprint density at radius 1 is 1.14 bits per heavy atom. The first kappa shape index (κ1) is 24.7. The molecule has 0 unspecified atom stereocenters. The van der Waals surface area contributed by atoms with Crippen LogP contribution in [0, 0.1) is 5.41 Å². The number of nitrogens with one attached hydrogen (secondary N) is 2. The molecule has 1 saturated heterocycles. The molecule has 13 heteroatoms. The summed E-state index contributed by atoms with van der Waals surface area (Å²) in [5.41, 5.74) is -0.812. The number of aromatic hydroxyl groups is 1. The summed E-state index contributed by atoms with van der Waals surface area (Å²) >= 11 is 0. The van der Waals surface area contributed by atoms with Gasteiger partial charge in [0.15, 0.2) is 11.4 Å². The van der Waals surface area contributed by atoms with Gasteiger partial charge in [-0.1, -0.05) is 20.8 Å². The lowest BCUT2D eigenvalue weighted by Crippen LogP contribution is -2.41. The Balaban J connectivity index is 1.45. The maximum Gasteiger partial charge on any atom is 0.291 e. The molecule has 0 spiro atoms. The van der Waals surface area contributed by atoms with Crippen LogP contribution in [0.5, 0.6) is 5.88 Å². The van der Waals surface area contributed by atoms with Crippen LogP contribution < -0.4 is 16.2 Å². The van der Waals surface area contributed by atoms with E-state index in [1.54, 1.807) is 11.0 Å². The molecule has 1 aliphatic carbocycles. The second-order valence-corrected chi connectivity index (χ2v) is 10.5. The van der Waals surface area contributed by atoms with E-state index in [1.165, 1.54) is 17.0 Å². The van der Waals surface area contributed by atoms with E-state index in [0.717, 1.165) is 17.4 Å². The minimum atomic E-state index is -0.721. The summed E-state index contributed by atoms with van der Waals surface area (Å²) in [6, 6.07) is 1.61. The Hall–Kier alpha value is -4.00. The molecule has 3 N–H and O–H groups in total. The minimum Gasteiger partial charge on any atom is -0.494 e. The number of hydrogen-bond donors (Lipinski definition) is 3. The number of anilines is 2. The van der Waals surface area contributed by atoms with Crippen LogP contribution in [0.25, 0.3) is 5.65 Å². The number of ether oxygens (including phenoxy) is 1. The van der Waals surface area contributed by atoms with E-state index < -0.39 is 17.3 Å². The van der Waals surface area contributed by atoms with Gasteiger partial charge in [0, 0.05) is 31.7 Å². The fraction of sp³-hybridized carbons (Fsp3) is 0.500. The summed E-state index contributed by atoms with van der Waals surface area (Å²) in [6.07, 6.45) is 4.48. The van der Waals surface area contributed by atoms with Gasteiger partial charge < -0.3 is 25.4 Å². The SMILES string of the molecule is CC(C)(C)Cn1c(O)c(C(=O)NC2CC2)c(=O)n2nc(Nc3cnc(C(=O)N4CCOCC4)cn3)cc12. The monoisotopic (exact) mass is 510 g/mol. The third-order valence-electron chi connectivity index (χ3n) is 6.05. The predicted octanol–water partition coefficient (Wildman–Crippen LogP) is 1.15. The molecular weight excluding hydrogens is 480 g/mol. The van der Waals surface area contributed by atoms with Crippen LogP contribution in [-0.2, 0) is 11.3 Å². The molecule has 5 rings (SSSR count). The van der Waals surface area contributed by atoms with Gasteiger partial charge >= 0.3 is 0 Å². The molecule has 4 heterocycles. The van der Waals surface area contributed by atoms with Crippen LogP contribution in [0.15, 0.2) is 23.3 Å². The number of amides is 2. The van der Waals surface area contributed by atoms with Crippen LogP contribution in [0.2, 0.25) is 0 Å². The topological polar surface area (TPSA) is 156 Å². The van der Waals surface area contributed by atoms with Crippen LogP contribution >= 0.6 is 0 Å². The largest absolute Gasteiger partial charge is 0.494 e. The van der Waals surface area contributed by atoms with Crippen molar-refractivity contribution in [2.45, 2.75) is 46.2 Å². The highest BCUT2D eigenvalue weighted by Crippen LogP contribution is 2.27. The summed E-state index contributed by atoms with van der Waals surface area (Å²) in [6.45, 7) is 8.26. The van der Waals surface area contributed by atoms with Crippen LogP contribution in [0.1, 0.15) is 54.5 Å². The number of morpholine rings is 1. The van der Waals surface area contributed by atoms with Crippen molar-refractivity contribution in [2.24, 2.45) is 5.41 Å². The molecule has 196 valence electrons. The molecular formula is C24H30N8O5. The van der Waals surface area contributed by atoms with Crippen LogP contribution in [-0.4, -0.2) is 78.3 Å². The number of carbonyl (C=O) groups excluding carboxylic acids is 2. The standard InChI is InChI=1S/C24H30N8O5/c1-24(2,3)13-31-18-10-16(29-32(18)23(36)19(22(31)35)20(33)27-14-4-5-14)28-17-12-25-15(11-26-17)21(34)30-6-8-37-9-7-30/h10-12,14,35H,4-9,13H2,1-3H3,(H,27,33)(H,26,28,29). The molecule has 3 aromatic rings. The summed E-state index contributed by atoms with van der Waals surface area (Å²) < 4.78 is 7.88. The second kappa shape index (κ2) is 9.47. The number of carbonyl (C=O) groups is 2. The third kappa shape index (κ3) is 5.26. The fourth-order valence-electron chi connectivity index (χ4n) is 4.10. The lowest BCUT2D eigenvalue weighted by atomic mass is 9.96. The van der Waals surface area contributed by atoms with Crippen molar-refractivity contribution < 1.29 is 19.4 Å². The van der Waals surface area contributed by atoms with Gasteiger partial charge in [-0.15, -0.1) is 5.10 Å².